The number of benzene rings is 2. The first-order valence-electron chi connectivity index (χ1n) is 20.5. The first-order chi connectivity index (χ1) is 29.4. The number of hydrogen-bond acceptors (Lipinski definition) is 14. The Kier molecular flexibility index (Phi) is 33.9. The average Bonchev–Trinajstić information content (AvgIpc) is 3.24. The Bertz CT molecular complexity index is 1300. The molecule has 1 N–H and O–H groups in total. The summed E-state index contributed by atoms with van der Waals surface area (Å²) in [6.45, 7) is 10.2. The van der Waals surface area contributed by atoms with Crippen LogP contribution < -0.4 is 5.32 Å². The minimum Gasteiger partial charge on any atom is -0.460 e. The fourth-order valence-electron chi connectivity index (χ4n) is 4.92. The summed E-state index contributed by atoms with van der Waals surface area (Å²) in [6, 6.07) is 11.1. The van der Waals surface area contributed by atoms with Crippen molar-refractivity contribution < 1.29 is 74.8 Å². The van der Waals surface area contributed by atoms with Crippen LogP contribution in [0.3, 0.4) is 0 Å². The maximum absolute atomic E-state index is 13.1. The molecule has 0 aliphatic rings. The molecule has 0 radical (unpaired) electrons. The van der Waals surface area contributed by atoms with Crippen LogP contribution in [0.1, 0.15) is 41.6 Å². The van der Waals surface area contributed by atoms with E-state index in [1.54, 1.807) is 18.2 Å². The van der Waals surface area contributed by atoms with Gasteiger partial charge < -0.3 is 62.2 Å². The van der Waals surface area contributed by atoms with Crippen LogP contribution in [-0.2, 0) is 63.0 Å². The maximum atomic E-state index is 13.1. The molecule has 0 aromatic heterocycles. The smallest absolute Gasteiger partial charge is 0.416 e. The van der Waals surface area contributed by atoms with Gasteiger partial charge in [0, 0.05) is 18.2 Å². The molecule has 344 valence electrons. The minimum absolute atomic E-state index is 0.00389. The van der Waals surface area contributed by atoms with Crippen LogP contribution in [0, 0.1) is 0 Å². The number of hydrogen-bond donors (Lipinski definition) is 1. The molecule has 18 heteroatoms. The SMILES string of the molecule is O=C(OCCOCCOCCOCCOCCOCCOCCOCCOCCOCCOCCOCCCCCCCl)c1ccccc1Nc1cccc(C(F)(F)F)c1. The van der Waals surface area contributed by atoms with Gasteiger partial charge in [0.15, 0.2) is 0 Å². The fourth-order valence-corrected chi connectivity index (χ4v) is 5.11. The number of ether oxygens (including phenoxy) is 12. The van der Waals surface area contributed by atoms with Crippen LogP contribution in [0.15, 0.2) is 48.5 Å². The largest absolute Gasteiger partial charge is 0.460 e. The lowest BCUT2D eigenvalue weighted by molar-refractivity contribution is -0.137. The Hall–Kier alpha value is -2.65. The van der Waals surface area contributed by atoms with Crippen LogP contribution >= 0.6 is 11.6 Å². The standard InChI is InChI=1S/C42H65ClF3NO13/c43-12-5-1-2-6-13-49-14-15-50-16-17-51-18-19-52-20-21-53-22-23-54-24-25-55-26-27-56-28-29-57-30-31-58-32-33-59-34-35-60-41(48)39-10-3-4-11-40(39)47-38-9-7-8-37(36-38)42(44,45)46/h3-4,7-11,36,47H,1-2,5-6,12-35H2. The fraction of sp³-hybridized carbons (Fsp3) is 0.690. The van der Waals surface area contributed by atoms with E-state index in [-0.39, 0.29) is 24.5 Å². The van der Waals surface area contributed by atoms with E-state index in [4.69, 9.17) is 68.4 Å². The summed E-state index contributed by atoms with van der Waals surface area (Å²) in [4.78, 5) is 12.6. The van der Waals surface area contributed by atoms with Crippen molar-refractivity contribution in [1.82, 2.24) is 0 Å². The van der Waals surface area contributed by atoms with E-state index >= 15 is 0 Å². The molecular formula is C42H65ClF3NO13. The zero-order valence-corrected chi connectivity index (χ0v) is 35.5. The van der Waals surface area contributed by atoms with Gasteiger partial charge in [-0.15, -0.1) is 11.6 Å². The predicted molar refractivity (Wildman–Crippen MR) is 220 cm³/mol. The second-order valence-corrected chi connectivity index (χ2v) is 13.1. The van der Waals surface area contributed by atoms with Crippen LogP contribution in [0.5, 0.6) is 0 Å². The molecule has 0 saturated heterocycles. The highest BCUT2D eigenvalue weighted by Crippen LogP contribution is 2.32. The summed E-state index contributed by atoms with van der Waals surface area (Å²) in [6.07, 6.45) is -0.0376. The first-order valence-corrected chi connectivity index (χ1v) is 21.1. The lowest BCUT2D eigenvalue weighted by Crippen LogP contribution is -2.16. The van der Waals surface area contributed by atoms with Crippen molar-refractivity contribution in [1.29, 1.82) is 0 Å². The third kappa shape index (κ3) is 30.4. The van der Waals surface area contributed by atoms with E-state index in [1.807, 2.05) is 0 Å². The topological polar surface area (TPSA) is 140 Å². The molecule has 2 aromatic carbocycles. The molecule has 14 nitrogen and oxygen atoms in total. The Morgan fingerprint density at radius 3 is 1.27 bits per heavy atom. The Morgan fingerprint density at radius 2 is 0.850 bits per heavy atom. The van der Waals surface area contributed by atoms with E-state index < -0.39 is 17.7 Å². The highest BCUT2D eigenvalue weighted by Gasteiger charge is 2.30. The van der Waals surface area contributed by atoms with Gasteiger partial charge in [-0.2, -0.15) is 13.2 Å². The molecule has 0 amide bonds. The highest BCUT2D eigenvalue weighted by atomic mass is 35.5. The second-order valence-electron chi connectivity index (χ2n) is 12.7. The molecule has 0 heterocycles. The number of anilines is 2. The Balaban J connectivity index is 1.24. The number of carbonyl (C=O) groups excluding carboxylic acids is 1. The monoisotopic (exact) mass is 883 g/mol. The normalized spacial score (nSPS) is 11.7. The summed E-state index contributed by atoms with van der Waals surface area (Å²) in [5.41, 5.74) is -0.0951. The lowest BCUT2D eigenvalue weighted by atomic mass is 10.1. The van der Waals surface area contributed by atoms with E-state index in [0.717, 1.165) is 50.3 Å². The molecule has 0 aliphatic heterocycles. The molecule has 0 spiro atoms. The number of nitrogens with one attached hydrogen (secondary N) is 1. The zero-order valence-electron chi connectivity index (χ0n) is 34.7. The number of carbonyl (C=O) groups is 1. The third-order valence-corrected chi connectivity index (χ3v) is 8.24. The van der Waals surface area contributed by atoms with Gasteiger partial charge in [0.25, 0.3) is 0 Å². The molecule has 0 fully saturated rings. The van der Waals surface area contributed by atoms with Crippen LogP contribution in [0.25, 0.3) is 0 Å². The molecule has 0 aliphatic carbocycles. The lowest BCUT2D eigenvalue weighted by Gasteiger charge is -2.13. The molecule has 2 rings (SSSR count). The maximum Gasteiger partial charge on any atom is 0.416 e. The molecule has 2 aromatic rings. The Morgan fingerprint density at radius 1 is 0.467 bits per heavy atom. The quantitative estimate of drug-likeness (QED) is 0.0436. The molecule has 0 saturated carbocycles. The minimum atomic E-state index is -4.48. The van der Waals surface area contributed by atoms with Crippen molar-refractivity contribution in [2.24, 2.45) is 0 Å². The molecule has 0 atom stereocenters. The summed E-state index contributed by atoms with van der Waals surface area (Å²) in [7, 11) is 0. The van der Waals surface area contributed by atoms with Gasteiger partial charge in [0.05, 0.1) is 156 Å². The van der Waals surface area contributed by atoms with Gasteiger partial charge in [0.2, 0.25) is 0 Å². The van der Waals surface area contributed by atoms with Gasteiger partial charge in [0.1, 0.15) is 6.61 Å². The first kappa shape index (κ1) is 53.5. The van der Waals surface area contributed by atoms with E-state index in [2.05, 4.69) is 5.32 Å². The molecule has 60 heavy (non-hydrogen) atoms. The summed E-state index contributed by atoms with van der Waals surface area (Å²) >= 11 is 5.66. The van der Waals surface area contributed by atoms with Crippen molar-refractivity contribution in [2.75, 3.05) is 163 Å². The van der Waals surface area contributed by atoms with Gasteiger partial charge in [-0.1, -0.05) is 31.0 Å². The van der Waals surface area contributed by atoms with Crippen molar-refractivity contribution >= 4 is 28.9 Å². The van der Waals surface area contributed by atoms with E-state index in [0.29, 0.717) is 138 Å². The number of para-hydroxylation sites is 1. The van der Waals surface area contributed by atoms with E-state index in [1.165, 1.54) is 18.2 Å². The highest BCUT2D eigenvalue weighted by molar-refractivity contribution is 6.17. The van der Waals surface area contributed by atoms with Crippen molar-refractivity contribution in [2.45, 2.75) is 31.9 Å². The van der Waals surface area contributed by atoms with Crippen molar-refractivity contribution in [3.8, 4) is 0 Å². The Labute approximate surface area is 357 Å². The molecule has 0 bridgehead atoms. The van der Waals surface area contributed by atoms with Crippen LogP contribution in [-0.4, -0.2) is 164 Å². The van der Waals surface area contributed by atoms with Gasteiger partial charge in [-0.25, -0.2) is 4.79 Å². The number of unbranched alkanes of at least 4 members (excludes halogenated alkanes) is 3. The zero-order chi connectivity index (χ0) is 43.0. The molecule has 0 unspecified atom stereocenters. The average molecular weight is 884 g/mol. The number of rotatable bonds is 42. The molecular weight excluding hydrogens is 819 g/mol. The predicted octanol–water partition coefficient (Wildman–Crippen LogP) is 6.59. The third-order valence-electron chi connectivity index (χ3n) is 7.97. The number of esters is 1. The van der Waals surface area contributed by atoms with Crippen LogP contribution in [0.4, 0.5) is 24.5 Å². The summed E-state index contributed by atoms with van der Waals surface area (Å²) in [5, 5.41) is 2.86. The number of alkyl halides is 4. The second kappa shape index (κ2) is 38.1. The van der Waals surface area contributed by atoms with Crippen LogP contribution in [0.2, 0.25) is 0 Å². The number of halogens is 4. The summed E-state index contributed by atoms with van der Waals surface area (Å²) < 4.78 is 105. The van der Waals surface area contributed by atoms with E-state index in [9.17, 15) is 18.0 Å². The van der Waals surface area contributed by atoms with Gasteiger partial charge in [-0.3, -0.25) is 0 Å². The van der Waals surface area contributed by atoms with Gasteiger partial charge in [-0.05, 0) is 43.2 Å². The summed E-state index contributed by atoms with van der Waals surface area (Å²) in [5.74, 6) is 0.101. The van der Waals surface area contributed by atoms with Gasteiger partial charge >= 0.3 is 12.1 Å². The van der Waals surface area contributed by atoms with Crippen molar-refractivity contribution in [3.63, 3.8) is 0 Å². The van der Waals surface area contributed by atoms with Crippen molar-refractivity contribution in [3.05, 3.63) is 59.7 Å².